The van der Waals surface area contributed by atoms with Gasteiger partial charge in [-0.25, -0.2) is 0 Å². The second-order valence-electron chi connectivity index (χ2n) is 6.57. The lowest BCUT2D eigenvalue weighted by molar-refractivity contribution is -0.113. The highest BCUT2D eigenvalue weighted by molar-refractivity contribution is 7.99. The third kappa shape index (κ3) is 5.69. The second-order valence-corrected chi connectivity index (χ2v) is 7.52. The van der Waals surface area contributed by atoms with Crippen LogP contribution in [0.25, 0.3) is 0 Å². The first-order valence-electron chi connectivity index (χ1n) is 9.77. The Morgan fingerprint density at radius 1 is 1.00 bits per heavy atom. The van der Waals surface area contributed by atoms with E-state index in [0.29, 0.717) is 29.6 Å². The molecule has 0 atom stereocenters. The summed E-state index contributed by atoms with van der Waals surface area (Å²) in [5.41, 5.74) is 1.76. The van der Waals surface area contributed by atoms with Crippen LogP contribution in [-0.4, -0.2) is 47.8 Å². The molecule has 3 rings (SSSR count). The zero-order valence-corrected chi connectivity index (χ0v) is 18.9. The van der Waals surface area contributed by atoms with Crippen molar-refractivity contribution in [2.45, 2.75) is 25.0 Å². The van der Waals surface area contributed by atoms with Crippen molar-refractivity contribution in [2.75, 3.05) is 32.4 Å². The van der Waals surface area contributed by atoms with Crippen molar-refractivity contribution in [1.82, 2.24) is 14.8 Å². The Balaban J connectivity index is 1.63. The number of nitrogens with one attached hydrogen (secondary N) is 1. The topological polar surface area (TPSA) is 87.5 Å². The van der Waals surface area contributed by atoms with E-state index in [1.54, 1.807) is 45.6 Å². The van der Waals surface area contributed by atoms with Crippen LogP contribution >= 0.6 is 11.8 Å². The first kappa shape index (κ1) is 22.5. The minimum atomic E-state index is -0.109. The van der Waals surface area contributed by atoms with Crippen LogP contribution in [0, 0.1) is 0 Å². The van der Waals surface area contributed by atoms with E-state index in [4.69, 9.17) is 14.2 Å². The van der Waals surface area contributed by atoms with Crippen molar-refractivity contribution < 1.29 is 19.0 Å². The van der Waals surface area contributed by atoms with E-state index in [9.17, 15) is 4.79 Å². The Morgan fingerprint density at radius 3 is 2.39 bits per heavy atom. The van der Waals surface area contributed by atoms with E-state index in [2.05, 4.69) is 15.5 Å². The number of amides is 1. The average molecular weight is 443 g/mol. The predicted octanol–water partition coefficient (Wildman–Crippen LogP) is 3.65. The molecule has 8 nitrogen and oxygen atoms in total. The van der Waals surface area contributed by atoms with E-state index in [1.807, 2.05) is 29.7 Å². The van der Waals surface area contributed by atoms with Gasteiger partial charge >= 0.3 is 0 Å². The molecule has 0 aliphatic rings. The van der Waals surface area contributed by atoms with E-state index < -0.39 is 0 Å². The second kappa shape index (κ2) is 10.7. The summed E-state index contributed by atoms with van der Waals surface area (Å²) in [6.07, 6.45) is 0.597. The highest BCUT2D eigenvalue weighted by Gasteiger charge is 2.15. The molecule has 0 fully saturated rings. The fourth-order valence-electron chi connectivity index (χ4n) is 3.05. The SMILES string of the molecule is CCn1c(Cc2ccc(OC)c(OC)c2)nnc1SCC(=O)Nc1ccc(OC)cc1. The summed E-state index contributed by atoms with van der Waals surface area (Å²) in [6, 6.07) is 13.0. The Bertz CT molecular complexity index is 1020. The molecule has 1 amide bonds. The van der Waals surface area contributed by atoms with Gasteiger partial charge in [-0.3, -0.25) is 4.79 Å². The van der Waals surface area contributed by atoms with Crippen molar-refractivity contribution in [1.29, 1.82) is 0 Å². The van der Waals surface area contributed by atoms with Gasteiger partial charge in [0.15, 0.2) is 16.7 Å². The van der Waals surface area contributed by atoms with Crippen molar-refractivity contribution in [3.63, 3.8) is 0 Å². The molecule has 0 radical (unpaired) electrons. The van der Waals surface area contributed by atoms with E-state index in [0.717, 1.165) is 22.8 Å². The maximum absolute atomic E-state index is 12.3. The van der Waals surface area contributed by atoms with Gasteiger partial charge in [0.05, 0.1) is 27.1 Å². The van der Waals surface area contributed by atoms with Crippen molar-refractivity contribution in [3.8, 4) is 17.2 Å². The lowest BCUT2D eigenvalue weighted by Crippen LogP contribution is -2.14. The van der Waals surface area contributed by atoms with Gasteiger partial charge < -0.3 is 24.1 Å². The van der Waals surface area contributed by atoms with Crippen molar-refractivity contribution in [2.24, 2.45) is 0 Å². The monoisotopic (exact) mass is 442 g/mol. The van der Waals surface area contributed by atoms with Gasteiger partial charge in [0.25, 0.3) is 0 Å². The molecule has 0 aliphatic carbocycles. The summed E-state index contributed by atoms with van der Waals surface area (Å²) in [4.78, 5) is 12.3. The van der Waals surface area contributed by atoms with Gasteiger partial charge in [-0.05, 0) is 48.9 Å². The Labute approximate surface area is 185 Å². The van der Waals surface area contributed by atoms with Gasteiger partial charge in [0.2, 0.25) is 5.91 Å². The molecule has 0 bridgehead atoms. The van der Waals surface area contributed by atoms with Crippen LogP contribution < -0.4 is 19.5 Å². The molecule has 0 saturated heterocycles. The van der Waals surface area contributed by atoms with Crippen LogP contribution in [0.15, 0.2) is 47.6 Å². The number of hydrogen-bond acceptors (Lipinski definition) is 7. The molecule has 1 aromatic heterocycles. The standard InChI is InChI=1S/C22H26N4O4S/c1-5-26-20(13-15-6-11-18(29-3)19(12-15)30-4)24-25-22(26)31-14-21(27)23-16-7-9-17(28-2)10-8-16/h6-12H,5,13-14H2,1-4H3,(H,23,27). The molecule has 0 aliphatic heterocycles. The van der Waals surface area contributed by atoms with E-state index in [1.165, 1.54) is 11.8 Å². The number of carbonyl (C=O) groups is 1. The molecule has 1 heterocycles. The largest absolute Gasteiger partial charge is 0.497 e. The molecule has 9 heteroatoms. The molecule has 164 valence electrons. The highest BCUT2D eigenvalue weighted by atomic mass is 32.2. The van der Waals surface area contributed by atoms with Crippen molar-refractivity contribution >= 4 is 23.4 Å². The number of carbonyl (C=O) groups excluding carboxylic acids is 1. The lowest BCUT2D eigenvalue weighted by atomic mass is 10.1. The van der Waals surface area contributed by atoms with E-state index >= 15 is 0 Å². The summed E-state index contributed by atoms with van der Waals surface area (Å²) in [5, 5.41) is 12.2. The maximum atomic E-state index is 12.3. The molecule has 2 aromatic carbocycles. The molecule has 0 saturated carbocycles. The number of methoxy groups -OCH3 is 3. The summed E-state index contributed by atoms with van der Waals surface area (Å²) >= 11 is 1.36. The highest BCUT2D eigenvalue weighted by Crippen LogP contribution is 2.29. The van der Waals surface area contributed by atoms with Gasteiger partial charge in [-0.1, -0.05) is 17.8 Å². The third-order valence-corrected chi connectivity index (χ3v) is 5.59. The van der Waals surface area contributed by atoms with Crippen LogP contribution in [0.2, 0.25) is 0 Å². The minimum absolute atomic E-state index is 0.109. The third-order valence-electron chi connectivity index (χ3n) is 4.63. The zero-order chi connectivity index (χ0) is 22.2. The number of thioether (sulfide) groups is 1. The van der Waals surface area contributed by atoms with Crippen molar-refractivity contribution in [3.05, 3.63) is 53.9 Å². The molecular formula is C22H26N4O4S. The molecule has 1 N–H and O–H groups in total. The van der Waals surface area contributed by atoms with Crippen LogP contribution in [0.4, 0.5) is 5.69 Å². The minimum Gasteiger partial charge on any atom is -0.497 e. The smallest absolute Gasteiger partial charge is 0.234 e. The van der Waals surface area contributed by atoms with Gasteiger partial charge in [0.1, 0.15) is 11.6 Å². The van der Waals surface area contributed by atoms with E-state index in [-0.39, 0.29) is 11.7 Å². The predicted molar refractivity (Wildman–Crippen MR) is 120 cm³/mol. The van der Waals surface area contributed by atoms with Crippen LogP contribution in [0.3, 0.4) is 0 Å². The number of benzene rings is 2. The van der Waals surface area contributed by atoms with Gasteiger partial charge in [0, 0.05) is 18.7 Å². The number of hydrogen-bond donors (Lipinski definition) is 1. The summed E-state index contributed by atoms with van der Waals surface area (Å²) < 4.78 is 17.8. The molecule has 0 unspecified atom stereocenters. The molecule has 3 aromatic rings. The fraction of sp³-hybridized carbons (Fsp3) is 0.318. The lowest BCUT2D eigenvalue weighted by Gasteiger charge is -2.10. The summed E-state index contributed by atoms with van der Waals surface area (Å²) in [6.45, 7) is 2.74. The number of rotatable bonds is 10. The summed E-state index contributed by atoms with van der Waals surface area (Å²) in [5.74, 6) is 3.05. The van der Waals surface area contributed by atoms with Crippen LogP contribution in [0.5, 0.6) is 17.2 Å². The Hall–Kier alpha value is -3.20. The van der Waals surface area contributed by atoms with Gasteiger partial charge in [-0.2, -0.15) is 0 Å². The molecule has 0 spiro atoms. The zero-order valence-electron chi connectivity index (χ0n) is 18.0. The molecule has 31 heavy (non-hydrogen) atoms. The van der Waals surface area contributed by atoms with Gasteiger partial charge in [-0.15, -0.1) is 10.2 Å². The number of nitrogens with zero attached hydrogens (tertiary/aromatic N) is 3. The van der Waals surface area contributed by atoms with Crippen LogP contribution in [0.1, 0.15) is 18.3 Å². The van der Waals surface area contributed by atoms with Crippen LogP contribution in [-0.2, 0) is 17.8 Å². The summed E-state index contributed by atoms with van der Waals surface area (Å²) in [7, 11) is 4.83. The number of ether oxygens (including phenoxy) is 3. The normalized spacial score (nSPS) is 10.6. The quantitative estimate of drug-likeness (QED) is 0.480. The molecular weight excluding hydrogens is 416 g/mol. The Kier molecular flexibility index (Phi) is 7.77. The fourth-order valence-corrected chi connectivity index (χ4v) is 3.87. The maximum Gasteiger partial charge on any atom is 0.234 e. The Morgan fingerprint density at radius 2 is 1.74 bits per heavy atom. The first-order chi connectivity index (χ1) is 15.1. The number of aromatic nitrogens is 3. The average Bonchev–Trinajstić information content (AvgIpc) is 3.19. The first-order valence-corrected chi connectivity index (χ1v) is 10.8. The number of anilines is 1.